The molecule has 3 aromatic rings. The number of aromatic nitrogens is 2. The van der Waals surface area contributed by atoms with Crippen molar-refractivity contribution in [1.29, 1.82) is 0 Å². The van der Waals surface area contributed by atoms with Crippen LogP contribution in [-0.2, 0) is 0 Å². The number of imidazole rings is 1. The Hall–Kier alpha value is -2.37. The SMILES string of the molecule is Cc1nccn1-c1ccc([C@H](C)NC[C@@H](O)c2ccco2)cc1. The number of aliphatic hydroxyl groups excluding tert-OH is 1. The van der Waals surface area contributed by atoms with Crippen LogP contribution in [-0.4, -0.2) is 21.2 Å². The molecule has 0 fully saturated rings. The number of hydrogen-bond donors (Lipinski definition) is 2. The molecule has 3 rings (SSSR count). The van der Waals surface area contributed by atoms with Gasteiger partial charge in [0.15, 0.2) is 0 Å². The first-order valence-electron chi connectivity index (χ1n) is 7.70. The van der Waals surface area contributed by atoms with Gasteiger partial charge in [0.05, 0.1) is 6.26 Å². The summed E-state index contributed by atoms with van der Waals surface area (Å²) in [5, 5.41) is 13.4. The third-order valence-corrected chi connectivity index (χ3v) is 3.99. The summed E-state index contributed by atoms with van der Waals surface area (Å²) in [5.41, 5.74) is 2.25. The van der Waals surface area contributed by atoms with E-state index in [0.717, 1.165) is 17.1 Å². The smallest absolute Gasteiger partial charge is 0.133 e. The Morgan fingerprint density at radius 2 is 2.04 bits per heavy atom. The van der Waals surface area contributed by atoms with Crippen LogP contribution in [0.1, 0.15) is 36.2 Å². The molecule has 23 heavy (non-hydrogen) atoms. The third kappa shape index (κ3) is 3.52. The second-order valence-electron chi connectivity index (χ2n) is 5.60. The lowest BCUT2D eigenvalue weighted by atomic mass is 10.1. The number of aliphatic hydroxyl groups is 1. The first kappa shape index (κ1) is 15.5. The van der Waals surface area contributed by atoms with Crippen molar-refractivity contribution in [1.82, 2.24) is 14.9 Å². The maximum atomic E-state index is 10.0. The van der Waals surface area contributed by atoms with Crippen molar-refractivity contribution in [3.05, 3.63) is 72.2 Å². The van der Waals surface area contributed by atoms with Crippen molar-refractivity contribution in [3.63, 3.8) is 0 Å². The molecule has 0 amide bonds. The molecule has 2 atom stereocenters. The fraction of sp³-hybridized carbons (Fsp3) is 0.278. The average molecular weight is 311 g/mol. The lowest BCUT2D eigenvalue weighted by Gasteiger charge is -2.17. The van der Waals surface area contributed by atoms with Crippen molar-refractivity contribution < 1.29 is 9.52 Å². The van der Waals surface area contributed by atoms with Gasteiger partial charge in [-0.25, -0.2) is 4.98 Å². The van der Waals surface area contributed by atoms with Gasteiger partial charge in [-0.1, -0.05) is 12.1 Å². The first-order valence-corrected chi connectivity index (χ1v) is 7.70. The van der Waals surface area contributed by atoms with E-state index in [1.165, 1.54) is 0 Å². The molecule has 0 unspecified atom stereocenters. The Kier molecular flexibility index (Phi) is 4.60. The minimum Gasteiger partial charge on any atom is -0.467 e. The van der Waals surface area contributed by atoms with Gasteiger partial charge in [-0.15, -0.1) is 0 Å². The molecule has 1 aromatic carbocycles. The van der Waals surface area contributed by atoms with Crippen molar-refractivity contribution in [3.8, 4) is 5.69 Å². The number of nitrogens with zero attached hydrogens (tertiary/aromatic N) is 2. The number of benzene rings is 1. The van der Waals surface area contributed by atoms with E-state index >= 15 is 0 Å². The zero-order chi connectivity index (χ0) is 16.2. The van der Waals surface area contributed by atoms with Crippen LogP contribution >= 0.6 is 0 Å². The molecule has 0 aliphatic heterocycles. The molecule has 5 heteroatoms. The van der Waals surface area contributed by atoms with Gasteiger partial charge < -0.3 is 19.4 Å². The van der Waals surface area contributed by atoms with E-state index in [1.54, 1.807) is 24.6 Å². The number of furan rings is 1. The molecule has 2 aromatic heterocycles. The molecule has 0 radical (unpaired) electrons. The van der Waals surface area contributed by atoms with Gasteiger partial charge in [-0.2, -0.15) is 0 Å². The van der Waals surface area contributed by atoms with Gasteiger partial charge >= 0.3 is 0 Å². The van der Waals surface area contributed by atoms with Crippen molar-refractivity contribution in [2.24, 2.45) is 0 Å². The molecule has 120 valence electrons. The fourth-order valence-electron chi connectivity index (χ4n) is 2.56. The Bertz CT molecular complexity index is 732. The van der Waals surface area contributed by atoms with Crippen molar-refractivity contribution in [2.75, 3.05) is 6.54 Å². The maximum Gasteiger partial charge on any atom is 0.133 e. The fourth-order valence-corrected chi connectivity index (χ4v) is 2.56. The summed E-state index contributed by atoms with van der Waals surface area (Å²) in [6.45, 7) is 4.50. The Labute approximate surface area is 135 Å². The predicted molar refractivity (Wildman–Crippen MR) is 88.4 cm³/mol. The molecule has 0 aliphatic rings. The molecule has 2 heterocycles. The predicted octanol–water partition coefficient (Wildman–Crippen LogP) is 3.16. The number of nitrogens with one attached hydrogen (secondary N) is 1. The van der Waals surface area contributed by atoms with Crippen molar-refractivity contribution >= 4 is 0 Å². The molecule has 5 nitrogen and oxygen atoms in total. The van der Waals surface area contributed by atoms with Crippen LogP contribution < -0.4 is 5.32 Å². The van der Waals surface area contributed by atoms with Crippen LogP contribution in [0.3, 0.4) is 0 Å². The Balaban J connectivity index is 1.61. The summed E-state index contributed by atoms with van der Waals surface area (Å²) < 4.78 is 7.25. The number of rotatable bonds is 6. The van der Waals surface area contributed by atoms with Gasteiger partial charge in [-0.3, -0.25) is 0 Å². The highest BCUT2D eigenvalue weighted by atomic mass is 16.4. The molecule has 0 saturated carbocycles. The second kappa shape index (κ2) is 6.81. The topological polar surface area (TPSA) is 63.2 Å². The summed E-state index contributed by atoms with van der Waals surface area (Å²) in [4.78, 5) is 4.24. The molecular weight excluding hydrogens is 290 g/mol. The average Bonchev–Trinajstić information content (AvgIpc) is 3.24. The quantitative estimate of drug-likeness (QED) is 0.734. The van der Waals surface area contributed by atoms with Crippen LogP contribution in [0.25, 0.3) is 5.69 Å². The highest BCUT2D eigenvalue weighted by Gasteiger charge is 2.12. The highest BCUT2D eigenvalue weighted by molar-refractivity contribution is 5.36. The standard InChI is InChI=1S/C18H21N3O2/c1-13(20-12-17(22)18-4-3-11-23-18)15-5-7-16(8-6-15)21-10-9-19-14(21)2/h3-11,13,17,20,22H,12H2,1-2H3/t13-,17+/m0/s1. The van der Waals surface area contributed by atoms with E-state index < -0.39 is 6.10 Å². The summed E-state index contributed by atoms with van der Waals surface area (Å²) in [5.74, 6) is 1.54. The largest absolute Gasteiger partial charge is 0.467 e. The normalized spacial score (nSPS) is 13.9. The molecular formula is C18H21N3O2. The van der Waals surface area contributed by atoms with Gasteiger partial charge in [0.1, 0.15) is 17.7 Å². The summed E-state index contributed by atoms with van der Waals surface area (Å²) in [6.07, 6.45) is 4.67. The van der Waals surface area contributed by atoms with Crippen LogP contribution in [0.15, 0.2) is 59.5 Å². The Morgan fingerprint density at radius 1 is 1.26 bits per heavy atom. The van der Waals surface area contributed by atoms with Crippen LogP contribution in [0.2, 0.25) is 0 Å². The van der Waals surface area contributed by atoms with E-state index in [2.05, 4.69) is 41.5 Å². The number of hydrogen-bond acceptors (Lipinski definition) is 4. The van der Waals surface area contributed by atoms with Crippen LogP contribution in [0.5, 0.6) is 0 Å². The zero-order valence-electron chi connectivity index (χ0n) is 13.3. The van der Waals surface area contributed by atoms with E-state index in [1.807, 2.05) is 17.7 Å². The Morgan fingerprint density at radius 3 is 2.65 bits per heavy atom. The van der Waals surface area contributed by atoms with Gasteiger partial charge in [0.2, 0.25) is 0 Å². The monoisotopic (exact) mass is 311 g/mol. The lowest BCUT2D eigenvalue weighted by molar-refractivity contribution is 0.144. The summed E-state index contributed by atoms with van der Waals surface area (Å²) in [6, 6.07) is 12.0. The van der Waals surface area contributed by atoms with Gasteiger partial charge in [0.25, 0.3) is 0 Å². The van der Waals surface area contributed by atoms with Crippen LogP contribution in [0, 0.1) is 6.92 Å². The molecule has 2 N–H and O–H groups in total. The second-order valence-corrected chi connectivity index (χ2v) is 5.60. The van der Waals surface area contributed by atoms with Gasteiger partial charge in [-0.05, 0) is 43.7 Å². The minimum atomic E-state index is -0.639. The molecule has 0 bridgehead atoms. The van der Waals surface area contributed by atoms with Crippen LogP contribution in [0.4, 0.5) is 0 Å². The molecule has 0 saturated heterocycles. The first-order chi connectivity index (χ1) is 11.1. The maximum absolute atomic E-state index is 10.0. The molecule has 0 aliphatic carbocycles. The van der Waals surface area contributed by atoms with Crippen molar-refractivity contribution in [2.45, 2.75) is 26.0 Å². The van der Waals surface area contributed by atoms with E-state index in [-0.39, 0.29) is 6.04 Å². The van der Waals surface area contributed by atoms with E-state index in [0.29, 0.717) is 12.3 Å². The van der Waals surface area contributed by atoms with Gasteiger partial charge in [0, 0.05) is 30.7 Å². The number of aryl methyl sites for hydroxylation is 1. The van der Waals surface area contributed by atoms with E-state index in [4.69, 9.17) is 4.42 Å². The zero-order valence-corrected chi connectivity index (χ0v) is 13.3. The molecule has 0 spiro atoms. The lowest BCUT2D eigenvalue weighted by Crippen LogP contribution is -2.24. The summed E-state index contributed by atoms with van der Waals surface area (Å²) in [7, 11) is 0. The third-order valence-electron chi connectivity index (χ3n) is 3.99. The van der Waals surface area contributed by atoms with E-state index in [9.17, 15) is 5.11 Å². The highest BCUT2D eigenvalue weighted by Crippen LogP contribution is 2.18. The minimum absolute atomic E-state index is 0.137. The summed E-state index contributed by atoms with van der Waals surface area (Å²) >= 11 is 0.